The lowest BCUT2D eigenvalue weighted by Crippen LogP contribution is -2.15. The standard InChI is InChI=1S/C15H16O/c1-4-12-6-5-7-14-13(10-16-3)9-8-11(2)15(12)14/h4-9,15H,1-2,10H2,3H3. The number of hydrogen-bond donors (Lipinski definition) is 0. The van der Waals surface area contributed by atoms with Crippen molar-refractivity contribution in [2.45, 2.75) is 0 Å². The van der Waals surface area contributed by atoms with Crippen LogP contribution in [0.5, 0.6) is 0 Å². The van der Waals surface area contributed by atoms with Crippen molar-refractivity contribution in [1.29, 1.82) is 0 Å². The summed E-state index contributed by atoms with van der Waals surface area (Å²) in [6, 6.07) is 0. The van der Waals surface area contributed by atoms with Gasteiger partial charge in [0.05, 0.1) is 6.61 Å². The minimum atomic E-state index is 0.262. The Morgan fingerprint density at radius 3 is 2.88 bits per heavy atom. The Morgan fingerprint density at radius 1 is 1.38 bits per heavy atom. The largest absolute Gasteiger partial charge is 0.380 e. The zero-order chi connectivity index (χ0) is 11.5. The first kappa shape index (κ1) is 10.9. The van der Waals surface area contributed by atoms with Gasteiger partial charge in [-0.05, 0) is 22.3 Å². The van der Waals surface area contributed by atoms with Gasteiger partial charge in [0.15, 0.2) is 0 Å². The predicted molar refractivity (Wildman–Crippen MR) is 68.1 cm³/mol. The van der Waals surface area contributed by atoms with Crippen LogP contribution in [0.2, 0.25) is 0 Å². The van der Waals surface area contributed by atoms with Gasteiger partial charge in [-0.3, -0.25) is 0 Å². The highest BCUT2D eigenvalue weighted by molar-refractivity contribution is 5.56. The van der Waals surface area contributed by atoms with E-state index in [1.165, 1.54) is 16.7 Å². The summed E-state index contributed by atoms with van der Waals surface area (Å²) in [5.41, 5.74) is 4.83. The van der Waals surface area contributed by atoms with E-state index in [0.29, 0.717) is 6.61 Å². The molecule has 0 bridgehead atoms. The number of ether oxygens (including phenoxy) is 1. The Labute approximate surface area is 96.8 Å². The molecular formula is C15H16O. The fraction of sp³-hybridized carbons (Fsp3) is 0.200. The summed E-state index contributed by atoms with van der Waals surface area (Å²) in [7, 11) is 1.72. The first-order valence-corrected chi connectivity index (χ1v) is 5.37. The third-order valence-electron chi connectivity index (χ3n) is 2.98. The summed E-state index contributed by atoms with van der Waals surface area (Å²) in [6.07, 6.45) is 12.4. The van der Waals surface area contributed by atoms with Gasteiger partial charge in [0.25, 0.3) is 0 Å². The smallest absolute Gasteiger partial charge is 0.0716 e. The van der Waals surface area contributed by atoms with E-state index in [9.17, 15) is 0 Å². The quantitative estimate of drug-likeness (QED) is 0.697. The van der Waals surface area contributed by atoms with Gasteiger partial charge in [-0.25, -0.2) is 0 Å². The van der Waals surface area contributed by atoms with Crippen LogP contribution in [-0.4, -0.2) is 13.7 Å². The monoisotopic (exact) mass is 212 g/mol. The van der Waals surface area contributed by atoms with Crippen molar-refractivity contribution in [2.24, 2.45) is 5.92 Å². The van der Waals surface area contributed by atoms with Crippen molar-refractivity contribution in [2.75, 3.05) is 13.7 Å². The molecule has 0 spiro atoms. The van der Waals surface area contributed by atoms with Gasteiger partial charge in [-0.15, -0.1) is 0 Å². The average molecular weight is 212 g/mol. The van der Waals surface area contributed by atoms with Crippen molar-refractivity contribution in [3.8, 4) is 0 Å². The van der Waals surface area contributed by atoms with E-state index < -0.39 is 0 Å². The van der Waals surface area contributed by atoms with Crippen molar-refractivity contribution < 1.29 is 4.74 Å². The Morgan fingerprint density at radius 2 is 2.19 bits per heavy atom. The van der Waals surface area contributed by atoms with Gasteiger partial charge in [0.2, 0.25) is 0 Å². The minimum Gasteiger partial charge on any atom is -0.380 e. The highest BCUT2D eigenvalue weighted by Gasteiger charge is 2.24. The van der Waals surface area contributed by atoms with Gasteiger partial charge >= 0.3 is 0 Å². The summed E-state index contributed by atoms with van der Waals surface area (Å²) < 4.78 is 5.22. The van der Waals surface area contributed by atoms with Crippen molar-refractivity contribution >= 4 is 0 Å². The molecule has 0 N–H and O–H groups in total. The Kier molecular flexibility index (Phi) is 3.07. The van der Waals surface area contributed by atoms with Gasteiger partial charge in [0.1, 0.15) is 0 Å². The van der Waals surface area contributed by atoms with E-state index in [1.54, 1.807) is 7.11 Å². The molecule has 1 nitrogen and oxygen atoms in total. The molecule has 0 fully saturated rings. The molecule has 2 aliphatic carbocycles. The highest BCUT2D eigenvalue weighted by Crippen LogP contribution is 2.37. The molecule has 0 radical (unpaired) electrons. The van der Waals surface area contributed by atoms with Gasteiger partial charge in [0, 0.05) is 13.0 Å². The number of allylic oxidation sites excluding steroid dienone is 8. The molecule has 0 saturated heterocycles. The van der Waals surface area contributed by atoms with Gasteiger partial charge in [-0.2, -0.15) is 0 Å². The van der Waals surface area contributed by atoms with Crippen LogP contribution in [0, 0.1) is 5.92 Å². The van der Waals surface area contributed by atoms with E-state index in [0.717, 1.165) is 5.57 Å². The van der Waals surface area contributed by atoms with Crippen LogP contribution < -0.4 is 0 Å². The lowest BCUT2D eigenvalue weighted by Gasteiger charge is -2.28. The summed E-state index contributed by atoms with van der Waals surface area (Å²) in [6.45, 7) is 8.61. The first-order chi connectivity index (χ1) is 7.77. The molecule has 0 saturated carbocycles. The molecule has 16 heavy (non-hydrogen) atoms. The molecule has 0 amide bonds. The van der Waals surface area contributed by atoms with E-state index in [4.69, 9.17) is 4.74 Å². The zero-order valence-corrected chi connectivity index (χ0v) is 9.57. The summed E-state index contributed by atoms with van der Waals surface area (Å²) in [5, 5.41) is 0. The molecule has 0 aromatic carbocycles. The second kappa shape index (κ2) is 4.50. The van der Waals surface area contributed by atoms with Crippen LogP contribution in [0.3, 0.4) is 0 Å². The number of hydrogen-bond acceptors (Lipinski definition) is 1. The van der Waals surface area contributed by atoms with E-state index >= 15 is 0 Å². The van der Waals surface area contributed by atoms with Crippen LogP contribution in [0.25, 0.3) is 0 Å². The maximum Gasteiger partial charge on any atom is 0.0716 e. The van der Waals surface area contributed by atoms with Crippen LogP contribution in [0.4, 0.5) is 0 Å². The second-order valence-electron chi connectivity index (χ2n) is 3.98. The molecule has 1 atom stereocenters. The van der Waals surface area contributed by atoms with Crippen molar-refractivity contribution in [3.05, 3.63) is 71.9 Å². The third kappa shape index (κ3) is 1.74. The molecule has 82 valence electrons. The summed E-state index contributed by atoms with van der Waals surface area (Å²) in [4.78, 5) is 0. The molecule has 1 unspecified atom stereocenters. The normalized spacial score (nSPS) is 23.2. The average Bonchev–Trinajstić information content (AvgIpc) is 2.32. The van der Waals surface area contributed by atoms with Crippen molar-refractivity contribution in [3.63, 3.8) is 0 Å². The van der Waals surface area contributed by atoms with E-state index in [2.05, 4.69) is 43.5 Å². The molecule has 2 rings (SSSR count). The molecular weight excluding hydrogens is 196 g/mol. The molecule has 0 aromatic heterocycles. The summed E-state index contributed by atoms with van der Waals surface area (Å²) >= 11 is 0. The minimum absolute atomic E-state index is 0.262. The van der Waals surface area contributed by atoms with Crippen molar-refractivity contribution in [1.82, 2.24) is 0 Å². The topological polar surface area (TPSA) is 9.23 Å². The maximum absolute atomic E-state index is 5.22. The fourth-order valence-electron chi connectivity index (χ4n) is 2.21. The van der Waals surface area contributed by atoms with Crippen LogP contribution in [-0.2, 0) is 4.74 Å². The van der Waals surface area contributed by atoms with Crippen LogP contribution in [0.15, 0.2) is 71.9 Å². The molecule has 0 aliphatic heterocycles. The molecule has 1 heteroatoms. The lowest BCUT2D eigenvalue weighted by molar-refractivity contribution is 0.227. The lowest BCUT2D eigenvalue weighted by atomic mass is 9.77. The molecule has 0 aromatic rings. The Bertz CT molecular complexity index is 444. The summed E-state index contributed by atoms with van der Waals surface area (Å²) in [5.74, 6) is 0.262. The number of methoxy groups -OCH3 is 1. The van der Waals surface area contributed by atoms with Gasteiger partial charge in [-0.1, -0.05) is 49.6 Å². The maximum atomic E-state index is 5.22. The van der Waals surface area contributed by atoms with Gasteiger partial charge < -0.3 is 4.74 Å². The highest BCUT2D eigenvalue weighted by atomic mass is 16.5. The number of fused-ring (bicyclic) bond motifs is 1. The Balaban J connectivity index is 2.46. The molecule has 2 aliphatic rings. The second-order valence-corrected chi connectivity index (χ2v) is 3.98. The van der Waals surface area contributed by atoms with E-state index in [1.807, 2.05) is 6.08 Å². The SMILES string of the molecule is C=CC1=CC=CC2=C(COC)C=CC(=C)C12. The van der Waals surface area contributed by atoms with Crippen LogP contribution in [0.1, 0.15) is 0 Å². The number of rotatable bonds is 3. The van der Waals surface area contributed by atoms with E-state index in [-0.39, 0.29) is 5.92 Å². The zero-order valence-electron chi connectivity index (χ0n) is 9.57. The third-order valence-corrected chi connectivity index (χ3v) is 2.98. The predicted octanol–water partition coefficient (Wildman–Crippen LogP) is 3.35. The first-order valence-electron chi connectivity index (χ1n) is 5.37. The fourth-order valence-corrected chi connectivity index (χ4v) is 2.21. The Hall–Kier alpha value is -1.60. The molecule has 0 heterocycles. The van der Waals surface area contributed by atoms with Crippen LogP contribution >= 0.6 is 0 Å².